The van der Waals surface area contributed by atoms with Crippen molar-refractivity contribution < 1.29 is 9.53 Å². The molecule has 1 fully saturated rings. The van der Waals surface area contributed by atoms with E-state index in [4.69, 9.17) is 4.74 Å². The molecule has 1 aliphatic rings. The fourth-order valence-corrected chi connectivity index (χ4v) is 3.60. The van der Waals surface area contributed by atoms with Gasteiger partial charge in [-0.2, -0.15) is 0 Å². The summed E-state index contributed by atoms with van der Waals surface area (Å²) in [6.45, 7) is 6.37. The third kappa shape index (κ3) is 5.16. The van der Waals surface area contributed by atoms with Crippen molar-refractivity contribution in [2.24, 2.45) is 5.92 Å². The van der Waals surface area contributed by atoms with Gasteiger partial charge in [0.1, 0.15) is 12.4 Å². The minimum absolute atomic E-state index is 0.0934. The molecule has 1 aromatic carbocycles. The summed E-state index contributed by atoms with van der Waals surface area (Å²) in [5, 5.41) is 3.05. The Morgan fingerprint density at radius 1 is 1.48 bits per heavy atom. The van der Waals surface area contributed by atoms with E-state index in [0.717, 1.165) is 41.5 Å². The van der Waals surface area contributed by atoms with Gasteiger partial charge in [0.15, 0.2) is 0 Å². The summed E-state index contributed by atoms with van der Waals surface area (Å²) in [7, 11) is 0. The van der Waals surface area contributed by atoms with E-state index in [-0.39, 0.29) is 5.91 Å². The number of amides is 1. The van der Waals surface area contributed by atoms with Crippen molar-refractivity contribution in [2.45, 2.75) is 33.3 Å². The van der Waals surface area contributed by atoms with Crippen LogP contribution in [0.5, 0.6) is 5.75 Å². The summed E-state index contributed by atoms with van der Waals surface area (Å²) in [6.07, 6.45) is 5.84. The van der Waals surface area contributed by atoms with Crippen LogP contribution < -0.4 is 4.74 Å². The van der Waals surface area contributed by atoms with Crippen LogP contribution in [-0.4, -0.2) is 28.9 Å². The number of thiazole rings is 1. The molecule has 1 amide bonds. The fraction of sp³-hybridized carbons (Fsp3) is 0.400. The van der Waals surface area contributed by atoms with Gasteiger partial charge in [0, 0.05) is 24.5 Å². The Balaban J connectivity index is 1.58. The van der Waals surface area contributed by atoms with E-state index >= 15 is 0 Å². The van der Waals surface area contributed by atoms with Crippen LogP contribution in [0.3, 0.4) is 0 Å². The molecule has 3 rings (SSSR count). The SMILES string of the molecule is Cc1nc(COc2cccc(/C=C/C(=O)N3CCCC(C)C3)c2)cs1. The predicted molar refractivity (Wildman–Crippen MR) is 102 cm³/mol. The molecule has 1 saturated heterocycles. The molecular weight excluding hydrogens is 332 g/mol. The molecule has 0 bridgehead atoms. The normalized spacial score (nSPS) is 17.8. The number of benzene rings is 1. The standard InChI is InChI=1S/C20H24N2O2S/c1-15-5-4-10-22(12-15)20(23)9-8-17-6-3-7-19(11-17)24-13-18-14-25-16(2)21-18/h3,6-9,11,14-15H,4-5,10,12-13H2,1-2H3/b9-8+. The number of likely N-dealkylation sites (tertiary alicyclic amines) is 1. The second-order valence-electron chi connectivity index (χ2n) is 6.58. The quantitative estimate of drug-likeness (QED) is 0.750. The van der Waals surface area contributed by atoms with Crippen LogP contribution in [-0.2, 0) is 11.4 Å². The molecule has 1 atom stereocenters. The number of nitrogens with zero attached hydrogens (tertiary/aromatic N) is 2. The first-order chi connectivity index (χ1) is 12.1. The first kappa shape index (κ1) is 17.7. The molecule has 2 heterocycles. The average molecular weight is 356 g/mol. The smallest absolute Gasteiger partial charge is 0.246 e. The molecule has 0 spiro atoms. The van der Waals surface area contributed by atoms with E-state index in [9.17, 15) is 4.79 Å². The maximum absolute atomic E-state index is 12.3. The van der Waals surface area contributed by atoms with Gasteiger partial charge >= 0.3 is 0 Å². The lowest BCUT2D eigenvalue weighted by atomic mass is 10.0. The van der Waals surface area contributed by atoms with Gasteiger partial charge in [0.05, 0.1) is 10.7 Å². The topological polar surface area (TPSA) is 42.4 Å². The molecule has 25 heavy (non-hydrogen) atoms. The molecular formula is C20H24N2O2S. The second kappa shape index (κ2) is 8.30. The summed E-state index contributed by atoms with van der Waals surface area (Å²) < 4.78 is 5.80. The first-order valence-electron chi connectivity index (χ1n) is 8.71. The van der Waals surface area contributed by atoms with Crippen molar-refractivity contribution in [1.82, 2.24) is 9.88 Å². The Kier molecular flexibility index (Phi) is 5.87. The lowest BCUT2D eigenvalue weighted by Gasteiger charge is -2.30. The third-order valence-electron chi connectivity index (χ3n) is 4.30. The minimum Gasteiger partial charge on any atom is -0.487 e. The zero-order valence-corrected chi connectivity index (χ0v) is 15.6. The van der Waals surface area contributed by atoms with Gasteiger partial charge in [-0.3, -0.25) is 4.79 Å². The van der Waals surface area contributed by atoms with Crippen LogP contribution in [0.15, 0.2) is 35.7 Å². The number of aryl methyl sites for hydroxylation is 1. The van der Waals surface area contributed by atoms with Crippen LogP contribution in [0.25, 0.3) is 6.08 Å². The summed E-state index contributed by atoms with van der Waals surface area (Å²) in [5.74, 6) is 1.47. The molecule has 0 radical (unpaired) electrons. The number of carbonyl (C=O) groups is 1. The van der Waals surface area contributed by atoms with E-state index in [1.807, 2.05) is 47.5 Å². The molecule has 0 saturated carbocycles. The molecule has 0 N–H and O–H groups in total. The lowest BCUT2D eigenvalue weighted by Crippen LogP contribution is -2.38. The van der Waals surface area contributed by atoms with Crippen LogP contribution >= 0.6 is 11.3 Å². The van der Waals surface area contributed by atoms with E-state index in [1.54, 1.807) is 17.4 Å². The summed E-state index contributed by atoms with van der Waals surface area (Å²) in [5.41, 5.74) is 1.91. The van der Waals surface area contributed by atoms with E-state index in [0.29, 0.717) is 12.5 Å². The van der Waals surface area contributed by atoms with Gasteiger partial charge in [-0.1, -0.05) is 19.1 Å². The van der Waals surface area contributed by atoms with Crippen molar-refractivity contribution in [3.8, 4) is 5.75 Å². The Bertz CT molecular complexity index is 754. The van der Waals surface area contributed by atoms with Crippen molar-refractivity contribution in [3.05, 3.63) is 52.0 Å². The predicted octanol–water partition coefficient (Wildman–Crippen LogP) is 4.30. The highest BCUT2D eigenvalue weighted by molar-refractivity contribution is 7.09. The number of hydrogen-bond donors (Lipinski definition) is 0. The van der Waals surface area contributed by atoms with Gasteiger partial charge in [-0.25, -0.2) is 4.98 Å². The van der Waals surface area contributed by atoms with Crippen LogP contribution in [0.2, 0.25) is 0 Å². The Labute approximate surface area is 153 Å². The molecule has 0 aliphatic carbocycles. The highest BCUT2D eigenvalue weighted by Crippen LogP contribution is 2.18. The number of piperidine rings is 1. The van der Waals surface area contributed by atoms with Crippen LogP contribution in [0.4, 0.5) is 0 Å². The first-order valence-corrected chi connectivity index (χ1v) is 9.59. The largest absolute Gasteiger partial charge is 0.487 e. The lowest BCUT2D eigenvalue weighted by molar-refractivity contribution is -0.127. The number of carbonyl (C=O) groups excluding carboxylic acids is 1. The molecule has 132 valence electrons. The summed E-state index contributed by atoms with van der Waals surface area (Å²) in [4.78, 5) is 18.7. The molecule has 5 heteroatoms. The number of hydrogen-bond acceptors (Lipinski definition) is 4. The van der Waals surface area contributed by atoms with Crippen molar-refractivity contribution in [3.63, 3.8) is 0 Å². The van der Waals surface area contributed by atoms with Gasteiger partial charge in [-0.15, -0.1) is 11.3 Å². The minimum atomic E-state index is 0.0934. The molecule has 1 unspecified atom stereocenters. The van der Waals surface area contributed by atoms with E-state index in [2.05, 4.69) is 11.9 Å². The van der Waals surface area contributed by atoms with Gasteiger partial charge in [0.25, 0.3) is 0 Å². The Morgan fingerprint density at radius 3 is 3.12 bits per heavy atom. The number of ether oxygens (including phenoxy) is 1. The van der Waals surface area contributed by atoms with Crippen LogP contribution in [0.1, 0.15) is 36.0 Å². The number of aromatic nitrogens is 1. The molecule has 2 aromatic rings. The monoisotopic (exact) mass is 356 g/mol. The van der Waals surface area contributed by atoms with Gasteiger partial charge < -0.3 is 9.64 Å². The highest BCUT2D eigenvalue weighted by Gasteiger charge is 2.18. The van der Waals surface area contributed by atoms with Crippen molar-refractivity contribution in [2.75, 3.05) is 13.1 Å². The van der Waals surface area contributed by atoms with E-state index < -0.39 is 0 Å². The molecule has 1 aliphatic heterocycles. The van der Waals surface area contributed by atoms with Crippen LogP contribution in [0, 0.1) is 12.8 Å². The second-order valence-corrected chi connectivity index (χ2v) is 7.65. The summed E-state index contributed by atoms with van der Waals surface area (Å²) >= 11 is 1.62. The fourth-order valence-electron chi connectivity index (χ4n) is 3.00. The Morgan fingerprint density at radius 2 is 2.36 bits per heavy atom. The average Bonchev–Trinajstić information content (AvgIpc) is 3.04. The molecule has 1 aromatic heterocycles. The zero-order valence-electron chi connectivity index (χ0n) is 14.8. The number of rotatable bonds is 5. The van der Waals surface area contributed by atoms with Crippen molar-refractivity contribution >= 4 is 23.3 Å². The molecule has 4 nitrogen and oxygen atoms in total. The maximum Gasteiger partial charge on any atom is 0.246 e. The van der Waals surface area contributed by atoms with Crippen molar-refractivity contribution in [1.29, 1.82) is 0 Å². The zero-order chi connectivity index (χ0) is 17.6. The third-order valence-corrected chi connectivity index (χ3v) is 5.12. The van der Waals surface area contributed by atoms with E-state index in [1.165, 1.54) is 6.42 Å². The van der Waals surface area contributed by atoms with Gasteiger partial charge in [-0.05, 0) is 49.5 Å². The maximum atomic E-state index is 12.3. The summed E-state index contributed by atoms with van der Waals surface area (Å²) in [6, 6.07) is 7.78. The Hall–Kier alpha value is -2.14. The van der Waals surface area contributed by atoms with Gasteiger partial charge in [0.2, 0.25) is 5.91 Å². The highest BCUT2D eigenvalue weighted by atomic mass is 32.1.